The fourth-order valence-electron chi connectivity index (χ4n) is 2.65. The third kappa shape index (κ3) is 3.94. The minimum Gasteiger partial charge on any atom is -0.313 e. The van der Waals surface area contributed by atoms with E-state index in [0.29, 0.717) is 11.3 Å². The van der Waals surface area contributed by atoms with Crippen LogP contribution in [0.4, 0.5) is 4.39 Å². The summed E-state index contributed by atoms with van der Waals surface area (Å²) in [7, 11) is 0. The predicted molar refractivity (Wildman–Crippen MR) is 100 cm³/mol. The second-order valence-electron chi connectivity index (χ2n) is 5.75. The largest absolute Gasteiger partial charge is 0.313 e. The van der Waals surface area contributed by atoms with Crippen molar-refractivity contribution in [3.63, 3.8) is 0 Å². The van der Waals surface area contributed by atoms with Gasteiger partial charge in [-0.25, -0.2) is 4.39 Å². The Labute approximate surface area is 149 Å². The first kappa shape index (κ1) is 17.3. The zero-order chi connectivity index (χ0) is 17.8. The molecule has 1 heterocycles. The summed E-state index contributed by atoms with van der Waals surface area (Å²) in [5, 5.41) is 0. The number of aromatic nitrogens is 1. The molecule has 2 aromatic carbocycles. The molecule has 0 saturated heterocycles. The molecule has 0 aliphatic carbocycles. The van der Waals surface area contributed by atoms with Gasteiger partial charge >= 0.3 is 0 Å². The van der Waals surface area contributed by atoms with E-state index in [9.17, 15) is 9.18 Å². The van der Waals surface area contributed by atoms with E-state index in [1.807, 2.05) is 4.57 Å². The molecule has 0 fully saturated rings. The summed E-state index contributed by atoms with van der Waals surface area (Å²) in [6, 6.07) is 12.2. The van der Waals surface area contributed by atoms with E-state index in [1.165, 1.54) is 29.0 Å². The van der Waals surface area contributed by atoms with Gasteiger partial charge in [-0.2, -0.15) is 4.99 Å². The molecule has 1 aromatic heterocycles. The SMILES string of the molecule is C=CCn1c(=NC(=O)Cc2ccc(F)cc2)sc2cc(CC)ccc21. The number of rotatable bonds is 5. The highest BCUT2D eigenvalue weighted by molar-refractivity contribution is 7.16. The lowest BCUT2D eigenvalue weighted by Crippen LogP contribution is -2.16. The summed E-state index contributed by atoms with van der Waals surface area (Å²) >= 11 is 1.50. The third-order valence-corrected chi connectivity index (χ3v) is 5.00. The molecule has 0 N–H and O–H groups in total. The minimum atomic E-state index is -0.312. The van der Waals surface area contributed by atoms with Crippen LogP contribution in [0.1, 0.15) is 18.1 Å². The fraction of sp³-hybridized carbons (Fsp3) is 0.200. The maximum atomic E-state index is 13.0. The van der Waals surface area contributed by atoms with Gasteiger partial charge in [0, 0.05) is 6.54 Å². The topological polar surface area (TPSA) is 34.4 Å². The Balaban J connectivity index is 1.98. The van der Waals surface area contributed by atoms with Gasteiger partial charge in [0.15, 0.2) is 4.80 Å². The van der Waals surface area contributed by atoms with Gasteiger partial charge in [-0.15, -0.1) is 6.58 Å². The summed E-state index contributed by atoms with van der Waals surface area (Å²) in [5.74, 6) is -0.556. The highest BCUT2D eigenvalue weighted by atomic mass is 32.1. The van der Waals surface area contributed by atoms with Gasteiger partial charge in [-0.05, 0) is 41.8 Å². The second kappa shape index (κ2) is 7.57. The number of carbonyl (C=O) groups is 1. The van der Waals surface area contributed by atoms with E-state index in [1.54, 1.807) is 18.2 Å². The van der Waals surface area contributed by atoms with E-state index in [2.05, 4.69) is 36.7 Å². The van der Waals surface area contributed by atoms with Gasteiger partial charge in [0.1, 0.15) is 5.82 Å². The number of hydrogen-bond donors (Lipinski definition) is 0. The molecule has 0 aliphatic rings. The second-order valence-corrected chi connectivity index (χ2v) is 6.76. The van der Waals surface area contributed by atoms with Gasteiger partial charge in [0.2, 0.25) is 0 Å². The zero-order valence-electron chi connectivity index (χ0n) is 14.0. The molecule has 0 unspecified atom stereocenters. The van der Waals surface area contributed by atoms with Crippen molar-refractivity contribution in [3.8, 4) is 0 Å². The smallest absolute Gasteiger partial charge is 0.252 e. The maximum absolute atomic E-state index is 13.0. The average Bonchev–Trinajstić information content (AvgIpc) is 2.93. The lowest BCUT2D eigenvalue weighted by atomic mass is 10.1. The van der Waals surface area contributed by atoms with Crippen molar-refractivity contribution in [2.24, 2.45) is 4.99 Å². The highest BCUT2D eigenvalue weighted by Crippen LogP contribution is 2.19. The van der Waals surface area contributed by atoms with Crippen molar-refractivity contribution in [3.05, 3.63) is 76.9 Å². The van der Waals surface area contributed by atoms with Gasteiger partial charge in [-0.3, -0.25) is 4.79 Å². The lowest BCUT2D eigenvalue weighted by molar-refractivity contribution is -0.117. The van der Waals surface area contributed by atoms with Crippen LogP contribution in [0.5, 0.6) is 0 Å². The van der Waals surface area contributed by atoms with Crippen LogP contribution >= 0.6 is 11.3 Å². The van der Waals surface area contributed by atoms with Gasteiger partial charge in [0.05, 0.1) is 16.6 Å². The van der Waals surface area contributed by atoms with E-state index in [4.69, 9.17) is 0 Å². The molecule has 3 rings (SSSR count). The van der Waals surface area contributed by atoms with Crippen molar-refractivity contribution in [1.82, 2.24) is 4.57 Å². The molecule has 0 aliphatic heterocycles. The van der Waals surface area contributed by atoms with Crippen molar-refractivity contribution in [1.29, 1.82) is 0 Å². The molecule has 0 bridgehead atoms. The van der Waals surface area contributed by atoms with E-state index in [0.717, 1.165) is 22.2 Å². The number of allylic oxidation sites excluding steroid dienone is 1. The Bertz CT molecular complexity index is 983. The number of fused-ring (bicyclic) bond motifs is 1. The molecule has 3 nitrogen and oxygen atoms in total. The molecule has 5 heteroatoms. The van der Waals surface area contributed by atoms with Crippen LogP contribution in [0.3, 0.4) is 0 Å². The summed E-state index contributed by atoms with van der Waals surface area (Å²) in [5.41, 5.74) is 3.05. The Hall–Kier alpha value is -2.53. The van der Waals surface area contributed by atoms with Crippen LogP contribution in [-0.4, -0.2) is 10.5 Å². The van der Waals surface area contributed by atoms with Crippen molar-refractivity contribution in [2.75, 3.05) is 0 Å². The van der Waals surface area contributed by atoms with Crippen molar-refractivity contribution >= 4 is 27.5 Å². The normalized spacial score (nSPS) is 11.8. The molecule has 3 aromatic rings. The molecule has 0 spiro atoms. The van der Waals surface area contributed by atoms with Crippen LogP contribution in [0.2, 0.25) is 0 Å². The number of thiazole rings is 1. The monoisotopic (exact) mass is 354 g/mol. The van der Waals surface area contributed by atoms with Gasteiger partial charge in [-0.1, -0.05) is 42.5 Å². The Kier molecular flexibility index (Phi) is 5.24. The van der Waals surface area contributed by atoms with E-state index >= 15 is 0 Å². The minimum absolute atomic E-state index is 0.156. The molecule has 0 atom stereocenters. The number of nitrogens with zero attached hydrogens (tertiary/aromatic N) is 2. The summed E-state index contributed by atoms with van der Waals surface area (Å²) in [6.45, 7) is 6.50. The van der Waals surface area contributed by atoms with Crippen molar-refractivity contribution in [2.45, 2.75) is 26.3 Å². The number of amides is 1. The quantitative estimate of drug-likeness (QED) is 0.631. The Morgan fingerprint density at radius 1 is 1.24 bits per heavy atom. The Morgan fingerprint density at radius 3 is 2.64 bits per heavy atom. The van der Waals surface area contributed by atoms with Gasteiger partial charge < -0.3 is 4.57 Å². The maximum Gasteiger partial charge on any atom is 0.252 e. The number of hydrogen-bond acceptors (Lipinski definition) is 2. The molecule has 0 saturated carbocycles. The number of aryl methyl sites for hydroxylation is 1. The molecular weight excluding hydrogens is 335 g/mol. The third-order valence-electron chi connectivity index (χ3n) is 3.96. The molecule has 25 heavy (non-hydrogen) atoms. The fourth-order valence-corrected chi connectivity index (χ4v) is 3.77. The first-order valence-electron chi connectivity index (χ1n) is 8.16. The standard InChI is InChI=1S/C20H19FN2OS/c1-3-11-23-17-10-7-14(4-2)12-18(17)25-20(23)22-19(24)13-15-5-8-16(21)9-6-15/h3,5-10,12H,1,4,11,13H2,2H3. The molecule has 0 radical (unpaired) electrons. The van der Waals surface area contributed by atoms with Crippen LogP contribution < -0.4 is 4.80 Å². The molecular formula is C20H19FN2OS. The number of benzene rings is 2. The molecule has 128 valence electrons. The zero-order valence-corrected chi connectivity index (χ0v) is 14.9. The predicted octanol–water partition coefficient (Wildman–Crippen LogP) is 4.26. The van der Waals surface area contributed by atoms with E-state index in [-0.39, 0.29) is 18.1 Å². The molecule has 1 amide bonds. The number of carbonyl (C=O) groups excluding carboxylic acids is 1. The van der Waals surface area contributed by atoms with Crippen LogP contribution in [0.25, 0.3) is 10.2 Å². The van der Waals surface area contributed by atoms with Crippen molar-refractivity contribution < 1.29 is 9.18 Å². The van der Waals surface area contributed by atoms with Crippen LogP contribution in [0, 0.1) is 5.82 Å². The lowest BCUT2D eigenvalue weighted by Gasteiger charge is -2.02. The first-order chi connectivity index (χ1) is 12.1. The first-order valence-corrected chi connectivity index (χ1v) is 8.97. The average molecular weight is 354 g/mol. The van der Waals surface area contributed by atoms with Gasteiger partial charge in [0.25, 0.3) is 5.91 Å². The van der Waals surface area contributed by atoms with E-state index < -0.39 is 0 Å². The highest BCUT2D eigenvalue weighted by Gasteiger charge is 2.08. The summed E-state index contributed by atoms with van der Waals surface area (Å²) < 4.78 is 16.1. The van der Waals surface area contributed by atoms with Crippen LogP contribution in [-0.2, 0) is 24.2 Å². The van der Waals surface area contributed by atoms with Crippen LogP contribution in [0.15, 0.2) is 60.1 Å². The number of halogens is 1. The Morgan fingerprint density at radius 2 is 1.96 bits per heavy atom. The summed E-state index contributed by atoms with van der Waals surface area (Å²) in [6.07, 6.45) is 2.91. The summed E-state index contributed by atoms with van der Waals surface area (Å²) in [4.78, 5) is 17.3.